The van der Waals surface area contributed by atoms with E-state index >= 15 is 0 Å². The first-order chi connectivity index (χ1) is 8.72. The van der Waals surface area contributed by atoms with Gasteiger partial charge in [-0.2, -0.15) is 0 Å². The predicted molar refractivity (Wildman–Crippen MR) is 68.7 cm³/mol. The standard InChI is InChI=1S/C12H16FNO4S/c1-8(7-10-3-5-11(13)6-4-10)14-19(17,18)9(2)12(15)16/h3-6,8-9,14H,7H2,1-2H3,(H,15,16). The van der Waals surface area contributed by atoms with Crippen LogP contribution in [0.15, 0.2) is 24.3 Å². The van der Waals surface area contributed by atoms with Crippen molar-refractivity contribution in [3.8, 4) is 0 Å². The van der Waals surface area contributed by atoms with Gasteiger partial charge in [0.05, 0.1) is 0 Å². The molecule has 0 aliphatic carbocycles. The lowest BCUT2D eigenvalue weighted by Crippen LogP contribution is -2.42. The zero-order valence-corrected chi connectivity index (χ0v) is 11.4. The van der Waals surface area contributed by atoms with Crippen molar-refractivity contribution in [1.29, 1.82) is 0 Å². The van der Waals surface area contributed by atoms with Gasteiger partial charge in [-0.15, -0.1) is 0 Å². The van der Waals surface area contributed by atoms with Crippen molar-refractivity contribution < 1.29 is 22.7 Å². The average molecular weight is 289 g/mol. The molecule has 1 rings (SSSR count). The molecular weight excluding hydrogens is 273 g/mol. The molecule has 19 heavy (non-hydrogen) atoms. The van der Waals surface area contributed by atoms with Crippen molar-refractivity contribution in [1.82, 2.24) is 4.72 Å². The molecule has 0 aliphatic rings. The molecule has 0 aliphatic heterocycles. The van der Waals surface area contributed by atoms with E-state index in [1.165, 1.54) is 12.1 Å². The van der Waals surface area contributed by atoms with Gasteiger partial charge in [-0.3, -0.25) is 4.79 Å². The number of carboxylic acid groups (broad SMARTS) is 1. The van der Waals surface area contributed by atoms with E-state index in [2.05, 4.69) is 4.72 Å². The Kier molecular flexibility index (Phi) is 5.02. The number of hydrogen-bond acceptors (Lipinski definition) is 3. The highest BCUT2D eigenvalue weighted by molar-refractivity contribution is 7.90. The van der Waals surface area contributed by atoms with Gasteiger partial charge in [-0.05, 0) is 38.0 Å². The molecule has 2 atom stereocenters. The van der Waals surface area contributed by atoms with E-state index in [0.717, 1.165) is 12.5 Å². The van der Waals surface area contributed by atoms with Gasteiger partial charge < -0.3 is 5.11 Å². The largest absolute Gasteiger partial charge is 0.480 e. The monoisotopic (exact) mass is 289 g/mol. The highest BCUT2D eigenvalue weighted by atomic mass is 32.2. The number of nitrogens with one attached hydrogen (secondary N) is 1. The summed E-state index contributed by atoms with van der Waals surface area (Å²) >= 11 is 0. The van der Waals surface area contributed by atoms with Crippen LogP contribution in [0.1, 0.15) is 19.4 Å². The molecule has 0 bridgehead atoms. The van der Waals surface area contributed by atoms with Gasteiger partial charge in [0.15, 0.2) is 5.25 Å². The number of hydrogen-bond donors (Lipinski definition) is 2. The summed E-state index contributed by atoms with van der Waals surface area (Å²) in [5.74, 6) is -1.77. The molecule has 0 saturated heterocycles. The molecule has 5 nitrogen and oxygen atoms in total. The van der Waals surface area contributed by atoms with E-state index in [9.17, 15) is 17.6 Å². The van der Waals surface area contributed by atoms with Crippen LogP contribution in [-0.4, -0.2) is 30.8 Å². The fourth-order valence-electron chi connectivity index (χ4n) is 1.53. The smallest absolute Gasteiger partial charge is 0.323 e. The van der Waals surface area contributed by atoms with E-state index in [4.69, 9.17) is 5.11 Å². The Morgan fingerprint density at radius 3 is 2.32 bits per heavy atom. The maximum atomic E-state index is 12.7. The molecule has 106 valence electrons. The summed E-state index contributed by atoms with van der Waals surface area (Å²) in [5.41, 5.74) is 0.763. The zero-order valence-electron chi connectivity index (χ0n) is 10.6. The van der Waals surface area contributed by atoms with Crippen molar-refractivity contribution in [3.05, 3.63) is 35.6 Å². The van der Waals surface area contributed by atoms with Gasteiger partial charge in [0.25, 0.3) is 0 Å². The Bertz CT molecular complexity index is 541. The first kappa shape index (κ1) is 15.6. The third kappa shape index (κ3) is 4.60. The van der Waals surface area contributed by atoms with Gasteiger partial charge in [-0.1, -0.05) is 12.1 Å². The topological polar surface area (TPSA) is 83.5 Å². The summed E-state index contributed by atoms with van der Waals surface area (Å²) in [4.78, 5) is 10.7. The van der Waals surface area contributed by atoms with Crippen LogP contribution < -0.4 is 4.72 Å². The minimum Gasteiger partial charge on any atom is -0.480 e. The van der Waals surface area contributed by atoms with Gasteiger partial charge in [-0.25, -0.2) is 17.5 Å². The minimum absolute atomic E-state index is 0.353. The van der Waals surface area contributed by atoms with Crippen LogP contribution in [0, 0.1) is 5.82 Å². The number of halogens is 1. The van der Waals surface area contributed by atoms with Crippen LogP contribution in [0.25, 0.3) is 0 Å². The van der Waals surface area contributed by atoms with Crippen LogP contribution in [0.5, 0.6) is 0 Å². The predicted octanol–water partition coefficient (Wildman–Crippen LogP) is 1.15. The fraction of sp³-hybridized carbons (Fsp3) is 0.417. The van der Waals surface area contributed by atoms with Crippen LogP contribution in [-0.2, 0) is 21.2 Å². The molecule has 2 unspecified atom stereocenters. The summed E-state index contributed by atoms with van der Waals surface area (Å²) in [6.07, 6.45) is 0.353. The Balaban J connectivity index is 2.67. The molecule has 0 spiro atoms. The minimum atomic E-state index is -3.91. The number of carbonyl (C=O) groups is 1. The molecule has 7 heteroatoms. The molecule has 0 aromatic heterocycles. The molecule has 0 radical (unpaired) electrons. The Morgan fingerprint density at radius 2 is 1.84 bits per heavy atom. The molecule has 0 fully saturated rings. The maximum absolute atomic E-state index is 12.7. The number of aliphatic carboxylic acids is 1. The lowest BCUT2D eigenvalue weighted by Gasteiger charge is -2.16. The molecule has 1 aromatic rings. The third-order valence-electron chi connectivity index (χ3n) is 2.63. The summed E-state index contributed by atoms with van der Waals surface area (Å²) in [6.45, 7) is 2.73. The normalized spacial score (nSPS) is 14.9. The molecule has 2 N–H and O–H groups in total. The van der Waals surface area contributed by atoms with E-state index in [1.54, 1.807) is 19.1 Å². The van der Waals surface area contributed by atoms with Crippen molar-refractivity contribution in [2.45, 2.75) is 31.6 Å². The number of sulfonamides is 1. The van der Waals surface area contributed by atoms with Crippen molar-refractivity contribution in [2.24, 2.45) is 0 Å². The van der Waals surface area contributed by atoms with Gasteiger partial charge in [0.1, 0.15) is 5.82 Å². The molecule has 0 saturated carbocycles. The van der Waals surface area contributed by atoms with Crippen LogP contribution in [0.2, 0.25) is 0 Å². The summed E-state index contributed by atoms with van der Waals surface area (Å²) in [5, 5.41) is 7.18. The summed E-state index contributed by atoms with van der Waals surface area (Å²) in [7, 11) is -3.91. The van der Waals surface area contributed by atoms with Gasteiger partial charge in [0, 0.05) is 6.04 Å². The van der Waals surface area contributed by atoms with Crippen molar-refractivity contribution in [3.63, 3.8) is 0 Å². The van der Waals surface area contributed by atoms with E-state index in [-0.39, 0.29) is 5.82 Å². The molecule has 1 aromatic carbocycles. The number of rotatable bonds is 6. The second kappa shape index (κ2) is 6.12. The van der Waals surface area contributed by atoms with Crippen LogP contribution in [0.3, 0.4) is 0 Å². The van der Waals surface area contributed by atoms with Gasteiger partial charge in [0.2, 0.25) is 10.0 Å². The first-order valence-corrected chi connectivity index (χ1v) is 7.25. The molecule has 0 amide bonds. The molecule has 0 heterocycles. The average Bonchev–Trinajstić information content (AvgIpc) is 2.30. The maximum Gasteiger partial charge on any atom is 0.323 e. The SMILES string of the molecule is CC(Cc1ccc(F)cc1)NS(=O)(=O)C(C)C(=O)O. The zero-order chi connectivity index (χ0) is 14.6. The summed E-state index contributed by atoms with van der Waals surface area (Å²) < 4.78 is 38.4. The number of carboxylic acids is 1. The third-order valence-corrected chi connectivity index (χ3v) is 4.50. The van der Waals surface area contributed by atoms with Crippen LogP contribution >= 0.6 is 0 Å². The van der Waals surface area contributed by atoms with Crippen molar-refractivity contribution >= 4 is 16.0 Å². The quantitative estimate of drug-likeness (QED) is 0.823. The Hall–Kier alpha value is -1.47. The lowest BCUT2D eigenvalue weighted by atomic mass is 10.1. The van der Waals surface area contributed by atoms with E-state index < -0.39 is 27.3 Å². The Morgan fingerprint density at radius 1 is 1.32 bits per heavy atom. The second-order valence-electron chi connectivity index (χ2n) is 4.37. The van der Waals surface area contributed by atoms with Crippen LogP contribution in [0.4, 0.5) is 4.39 Å². The van der Waals surface area contributed by atoms with E-state index in [0.29, 0.717) is 6.42 Å². The highest BCUT2D eigenvalue weighted by Gasteiger charge is 2.28. The Labute approximate surface area is 111 Å². The first-order valence-electron chi connectivity index (χ1n) is 5.71. The molecular formula is C12H16FNO4S. The van der Waals surface area contributed by atoms with Gasteiger partial charge >= 0.3 is 5.97 Å². The lowest BCUT2D eigenvalue weighted by molar-refractivity contribution is -0.136. The second-order valence-corrected chi connectivity index (χ2v) is 6.41. The van der Waals surface area contributed by atoms with E-state index in [1.807, 2.05) is 0 Å². The van der Waals surface area contributed by atoms with Crippen molar-refractivity contribution in [2.75, 3.05) is 0 Å². The highest BCUT2D eigenvalue weighted by Crippen LogP contribution is 2.08. The summed E-state index contributed by atoms with van der Waals surface area (Å²) in [6, 6.07) is 5.21. The number of benzene rings is 1. The fourth-order valence-corrected chi connectivity index (χ4v) is 2.64.